The number of hydrogen-bond acceptors (Lipinski definition) is 4. The number of fused-ring (bicyclic) bond motifs is 1. The first-order valence-electron chi connectivity index (χ1n) is 5.09. The molecule has 3 N–H and O–H groups in total. The van der Waals surface area contributed by atoms with Crippen molar-refractivity contribution < 1.29 is 0 Å². The van der Waals surface area contributed by atoms with E-state index in [-0.39, 0.29) is 0 Å². The Bertz CT molecular complexity index is 514. The van der Waals surface area contributed by atoms with Gasteiger partial charge in [-0.1, -0.05) is 11.3 Å². The smallest absolute Gasteiger partial charge is 0.184 e. The predicted molar refractivity (Wildman–Crippen MR) is 65.3 cm³/mol. The van der Waals surface area contributed by atoms with E-state index in [9.17, 15) is 0 Å². The third-order valence-electron chi connectivity index (χ3n) is 2.82. The Morgan fingerprint density at radius 1 is 1.47 bits per heavy atom. The van der Waals surface area contributed by atoms with Crippen LogP contribution in [0.2, 0.25) is 0 Å². The van der Waals surface area contributed by atoms with Gasteiger partial charge in [-0.15, -0.1) is 0 Å². The van der Waals surface area contributed by atoms with Crippen LogP contribution in [0.1, 0.15) is 19.8 Å². The van der Waals surface area contributed by atoms with Crippen molar-refractivity contribution in [1.29, 1.82) is 0 Å². The van der Waals surface area contributed by atoms with Gasteiger partial charge in [0.1, 0.15) is 0 Å². The molecule has 15 heavy (non-hydrogen) atoms. The number of nitrogens with one attached hydrogen (secondary N) is 1. The molecule has 0 spiro atoms. The summed E-state index contributed by atoms with van der Waals surface area (Å²) in [5, 5.41) is 4.48. The lowest BCUT2D eigenvalue weighted by molar-refractivity contribution is 0.828. The summed E-state index contributed by atoms with van der Waals surface area (Å²) in [7, 11) is 0. The molecule has 2 aromatic rings. The van der Waals surface area contributed by atoms with Gasteiger partial charge in [0.25, 0.3) is 0 Å². The Hall–Kier alpha value is -1.29. The standard InChI is InChI=1S/C11H13N3S/c1-11(4-5-11)14-10-13-8-3-2-7(12)6-9(8)15-10/h2-3,6H,4-5,12H2,1H3,(H,13,14). The highest BCUT2D eigenvalue weighted by Crippen LogP contribution is 2.40. The molecule has 1 aliphatic rings. The van der Waals surface area contributed by atoms with Crippen LogP contribution >= 0.6 is 11.3 Å². The molecular formula is C11H13N3S. The average Bonchev–Trinajstić information content (AvgIpc) is 2.76. The van der Waals surface area contributed by atoms with Crippen molar-refractivity contribution in [2.24, 2.45) is 0 Å². The molecule has 3 nitrogen and oxygen atoms in total. The van der Waals surface area contributed by atoms with Gasteiger partial charge in [0.05, 0.1) is 10.2 Å². The van der Waals surface area contributed by atoms with Crippen LogP contribution in [-0.4, -0.2) is 10.5 Å². The molecule has 1 aliphatic carbocycles. The normalized spacial score (nSPS) is 17.9. The van der Waals surface area contributed by atoms with Crippen LogP contribution in [0.5, 0.6) is 0 Å². The van der Waals surface area contributed by atoms with Crippen LogP contribution in [-0.2, 0) is 0 Å². The Kier molecular flexibility index (Phi) is 1.71. The molecule has 4 heteroatoms. The van der Waals surface area contributed by atoms with E-state index in [1.54, 1.807) is 11.3 Å². The maximum atomic E-state index is 5.73. The van der Waals surface area contributed by atoms with E-state index in [2.05, 4.69) is 17.2 Å². The first-order valence-corrected chi connectivity index (χ1v) is 5.91. The summed E-state index contributed by atoms with van der Waals surface area (Å²) in [4.78, 5) is 4.53. The molecule has 0 aliphatic heterocycles. The molecule has 0 radical (unpaired) electrons. The monoisotopic (exact) mass is 219 g/mol. The molecule has 1 aromatic carbocycles. The van der Waals surface area contributed by atoms with Gasteiger partial charge in [-0.25, -0.2) is 4.98 Å². The van der Waals surface area contributed by atoms with Gasteiger partial charge < -0.3 is 11.1 Å². The van der Waals surface area contributed by atoms with Crippen LogP contribution in [0.25, 0.3) is 10.2 Å². The quantitative estimate of drug-likeness (QED) is 0.764. The van der Waals surface area contributed by atoms with Crippen LogP contribution in [0, 0.1) is 0 Å². The van der Waals surface area contributed by atoms with Gasteiger partial charge in [-0.3, -0.25) is 0 Å². The van der Waals surface area contributed by atoms with Crippen molar-refractivity contribution in [3.05, 3.63) is 18.2 Å². The van der Waals surface area contributed by atoms with Crippen molar-refractivity contribution in [1.82, 2.24) is 4.98 Å². The van der Waals surface area contributed by atoms with Gasteiger partial charge in [0.15, 0.2) is 5.13 Å². The number of nitrogen functional groups attached to an aromatic ring is 1. The summed E-state index contributed by atoms with van der Waals surface area (Å²) in [6, 6.07) is 5.85. The second-order valence-electron chi connectivity index (χ2n) is 4.43. The van der Waals surface area contributed by atoms with E-state index in [0.717, 1.165) is 21.0 Å². The molecule has 3 rings (SSSR count). The van der Waals surface area contributed by atoms with Crippen LogP contribution < -0.4 is 11.1 Å². The molecule has 0 amide bonds. The maximum absolute atomic E-state index is 5.73. The third-order valence-corrected chi connectivity index (χ3v) is 3.75. The second kappa shape index (κ2) is 2.85. The van der Waals surface area contributed by atoms with Crippen LogP contribution in [0.15, 0.2) is 18.2 Å². The summed E-state index contributed by atoms with van der Waals surface area (Å²) in [5.74, 6) is 0. The zero-order valence-corrected chi connectivity index (χ0v) is 9.40. The fourth-order valence-corrected chi connectivity index (χ4v) is 2.63. The van der Waals surface area contributed by atoms with E-state index < -0.39 is 0 Å². The molecule has 1 fully saturated rings. The summed E-state index contributed by atoms with van der Waals surface area (Å²) in [5.41, 5.74) is 7.85. The van der Waals surface area contributed by atoms with Crippen LogP contribution in [0.3, 0.4) is 0 Å². The van der Waals surface area contributed by atoms with Gasteiger partial charge in [-0.2, -0.15) is 0 Å². The van der Waals surface area contributed by atoms with Crippen molar-refractivity contribution in [3.63, 3.8) is 0 Å². The van der Waals surface area contributed by atoms with E-state index in [1.807, 2.05) is 18.2 Å². The van der Waals surface area contributed by atoms with E-state index in [4.69, 9.17) is 5.73 Å². The van der Waals surface area contributed by atoms with E-state index >= 15 is 0 Å². The molecule has 0 unspecified atom stereocenters. The average molecular weight is 219 g/mol. The highest BCUT2D eigenvalue weighted by atomic mass is 32.1. The molecular weight excluding hydrogens is 206 g/mol. The number of rotatable bonds is 2. The summed E-state index contributed by atoms with van der Waals surface area (Å²) >= 11 is 1.68. The predicted octanol–water partition coefficient (Wildman–Crippen LogP) is 2.84. The maximum Gasteiger partial charge on any atom is 0.184 e. The van der Waals surface area contributed by atoms with Gasteiger partial charge in [0.2, 0.25) is 0 Å². The largest absolute Gasteiger partial charge is 0.399 e. The SMILES string of the molecule is CC1(Nc2nc3ccc(N)cc3s2)CC1. The fraction of sp³-hybridized carbons (Fsp3) is 0.364. The Labute approximate surface area is 92.3 Å². The number of aromatic nitrogens is 1. The second-order valence-corrected chi connectivity index (χ2v) is 5.46. The molecule has 1 aromatic heterocycles. The Balaban J connectivity index is 1.99. The fourth-order valence-electron chi connectivity index (χ4n) is 1.57. The van der Waals surface area contributed by atoms with Gasteiger partial charge in [0, 0.05) is 11.2 Å². The number of thiazole rings is 1. The molecule has 0 atom stereocenters. The lowest BCUT2D eigenvalue weighted by atomic mass is 10.3. The minimum atomic E-state index is 0.291. The first kappa shape index (κ1) is 8.97. The number of hydrogen-bond donors (Lipinski definition) is 2. The zero-order chi connectivity index (χ0) is 10.5. The Morgan fingerprint density at radius 2 is 2.27 bits per heavy atom. The summed E-state index contributed by atoms with van der Waals surface area (Å²) in [6.07, 6.45) is 2.48. The molecule has 1 saturated carbocycles. The molecule has 78 valence electrons. The molecule has 1 heterocycles. The van der Waals surface area contributed by atoms with E-state index in [1.165, 1.54) is 12.8 Å². The lowest BCUT2D eigenvalue weighted by Crippen LogP contribution is -2.15. The van der Waals surface area contributed by atoms with Gasteiger partial charge >= 0.3 is 0 Å². The summed E-state index contributed by atoms with van der Waals surface area (Å²) in [6.45, 7) is 2.23. The minimum Gasteiger partial charge on any atom is -0.399 e. The highest BCUT2D eigenvalue weighted by molar-refractivity contribution is 7.22. The number of benzene rings is 1. The van der Waals surface area contributed by atoms with Crippen molar-refractivity contribution in [2.75, 3.05) is 11.1 Å². The number of nitrogens with two attached hydrogens (primary N) is 1. The third kappa shape index (κ3) is 1.65. The number of nitrogens with zero attached hydrogens (tertiary/aromatic N) is 1. The lowest BCUT2D eigenvalue weighted by Gasteiger charge is -2.08. The summed E-state index contributed by atoms with van der Waals surface area (Å²) < 4.78 is 1.15. The van der Waals surface area contributed by atoms with Gasteiger partial charge in [-0.05, 0) is 38.0 Å². The topological polar surface area (TPSA) is 50.9 Å². The van der Waals surface area contributed by atoms with Crippen molar-refractivity contribution >= 4 is 32.4 Å². The minimum absolute atomic E-state index is 0.291. The highest BCUT2D eigenvalue weighted by Gasteiger charge is 2.37. The number of anilines is 2. The molecule has 0 saturated heterocycles. The molecule has 0 bridgehead atoms. The Morgan fingerprint density at radius 3 is 3.00 bits per heavy atom. The zero-order valence-electron chi connectivity index (χ0n) is 8.58. The van der Waals surface area contributed by atoms with E-state index in [0.29, 0.717) is 5.54 Å². The van der Waals surface area contributed by atoms with Crippen molar-refractivity contribution in [2.45, 2.75) is 25.3 Å². The first-order chi connectivity index (χ1) is 7.15. The van der Waals surface area contributed by atoms with Crippen LogP contribution in [0.4, 0.5) is 10.8 Å². The van der Waals surface area contributed by atoms with Crippen molar-refractivity contribution in [3.8, 4) is 0 Å².